The first kappa shape index (κ1) is 10.00. The third kappa shape index (κ3) is 8.86. The molecule has 0 aliphatic carbocycles. The van der Waals surface area contributed by atoms with Crippen molar-refractivity contribution in [1.29, 1.82) is 0 Å². The molecule has 0 atom stereocenters. The van der Waals surface area contributed by atoms with Crippen LogP contribution in [0.15, 0.2) is 0 Å². The summed E-state index contributed by atoms with van der Waals surface area (Å²) < 4.78 is 1.54. The molecule has 0 radical (unpaired) electrons. The number of hydrogen-bond acceptors (Lipinski definition) is 0. The SMILES string of the molecule is CCC[CH2][Hg].O. The Labute approximate surface area is 55.4 Å². The van der Waals surface area contributed by atoms with Crippen LogP contribution in [0, 0.1) is 0 Å². The van der Waals surface area contributed by atoms with Crippen LogP contribution in [0.2, 0.25) is 3.93 Å². The molecule has 0 aliphatic heterocycles. The predicted molar refractivity (Wildman–Crippen MR) is 23.3 cm³/mol. The van der Waals surface area contributed by atoms with E-state index in [0.717, 1.165) is 26.1 Å². The van der Waals surface area contributed by atoms with Crippen LogP contribution in [0.3, 0.4) is 0 Å². The average molecular weight is 276 g/mol. The van der Waals surface area contributed by atoms with E-state index in [2.05, 4.69) is 6.92 Å². The topological polar surface area (TPSA) is 31.5 Å². The Kier molecular flexibility index (Phi) is 15.5. The molecular weight excluding hydrogens is 265 g/mol. The molecule has 0 aromatic rings. The Bertz CT molecular complexity index is 15.0. The number of hydrogen-bond donors (Lipinski definition) is 0. The van der Waals surface area contributed by atoms with Crippen LogP contribution in [0.1, 0.15) is 19.8 Å². The van der Waals surface area contributed by atoms with Gasteiger partial charge in [0.15, 0.2) is 0 Å². The standard InChI is InChI=1S/C4H9.Hg.H2O/c1-3-4-2;;/h1,3-4H2,2H3;;1H2. The van der Waals surface area contributed by atoms with Gasteiger partial charge < -0.3 is 5.48 Å². The van der Waals surface area contributed by atoms with Crippen LogP contribution in [-0.2, 0) is 26.1 Å². The van der Waals surface area contributed by atoms with E-state index in [0.29, 0.717) is 0 Å². The van der Waals surface area contributed by atoms with Gasteiger partial charge in [-0.15, -0.1) is 0 Å². The Balaban J connectivity index is 0. The molecule has 0 unspecified atom stereocenters. The first-order valence-electron chi connectivity index (χ1n) is 2.21. The first-order valence-corrected chi connectivity index (χ1v) is 6.09. The molecule has 0 heterocycles. The van der Waals surface area contributed by atoms with Crippen molar-refractivity contribution in [3.8, 4) is 0 Å². The van der Waals surface area contributed by atoms with Gasteiger partial charge in [-0.25, -0.2) is 0 Å². The van der Waals surface area contributed by atoms with E-state index in [1.165, 1.54) is 16.8 Å². The fourth-order valence-corrected chi connectivity index (χ4v) is 2.19. The van der Waals surface area contributed by atoms with Crippen molar-refractivity contribution in [2.75, 3.05) is 0 Å². The monoisotopic (exact) mass is 277 g/mol. The van der Waals surface area contributed by atoms with Crippen molar-refractivity contribution in [3.63, 3.8) is 0 Å². The maximum Gasteiger partial charge on any atom is -0.412 e. The van der Waals surface area contributed by atoms with Gasteiger partial charge in [-0.2, -0.15) is 0 Å². The normalized spacial score (nSPS) is 7.17. The summed E-state index contributed by atoms with van der Waals surface area (Å²) in [6.07, 6.45) is 2.87. The van der Waals surface area contributed by atoms with Crippen LogP contribution in [0.4, 0.5) is 0 Å². The molecule has 6 heavy (non-hydrogen) atoms. The summed E-state index contributed by atoms with van der Waals surface area (Å²) >= 11 is 1.07. The minimum absolute atomic E-state index is 0. The van der Waals surface area contributed by atoms with E-state index in [9.17, 15) is 0 Å². The van der Waals surface area contributed by atoms with Crippen molar-refractivity contribution >= 4 is 0 Å². The molecular formula is C4H11HgO. The predicted octanol–water partition coefficient (Wildman–Crippen LogP) is 0.927. The fourth-order valence-electron chi connectivity index (χ4n) is 0.250. The third-order valence-corrected chi connectivity index (χ3v) is 2.55. The van der Waals surface area contributed by atoms with Gasteiger partial charge in [-0.05, 0) is 0 Å². The molecule has 0 saturated heterocycles. The van der Waals surface area contributed by atoms with Crippen molar-refractivity contribution in [1.82, 2.24) is 0 Å². The van der Waals surface area contributed by atoms with Crippen LogP contribution in [0.5, 0.6) is 0 Å². The molecule has 35 valence electrons. The van der Waals surface area contributed by atoms with Crippen LogP contribution < -0.4 is 0 Å². The molecule has 0 fully saturated rings. The molecule has 0 amide bonds. The van der Waals surface area contributed by atoms with Crippen LogP contribution in [-0.4, -0.2) is 5.48 Å². The van der Waals surface area contributed by atoms with Gasteiger partial charge in [0.2, 0.25) is 0 Å². The molecule has 0 bridgehead atoms. The van der Waals surface area contributed by atoms with E-state index in [1.807, 2.05) is 0 Å². The maximum atomic E-state index is 2.24. The second-order valence-electron chi connectivity index (χ2n) is 1.21. The summed E-state index contributed by atoms with van der Waals surface area (Å²) in [4.78, 5) is 0. The summed E-state index contributed by atoms with van der Waals surface area (Å²) in [6.45, 7) is 2.24. The van der Waals surface area contributed by atoms with Crippen molar-refractivity contribution in [2.24, 2.45) is 0 Å². The van der Waals surface area contributed by atoms with E-state index >= 15 is 0 Å². The Morgan fingerprint density at radius 3 is 2.00 bits per heavy atom. The Morgan fingerprint density at radius 2 is 2.00 bits per heavy atom. The molecule has 0 aromatic carbocycles. The van der Waals surface area contributed by atoms with Crippen molar-refractivity contribution < 1.29 is 31.6 Å². The zero-order chi connectivity index (χ0) is 4.12. The molecule has 0 aromatic heterocycles. The molecule has 2 N–H and O–H groups in total. The summed E-state index contributed by atoms with van der Waals surface area (Å²) in [5.41, 5.74) is 0. The Morgan fingerprint density at radius 1 is 1.50 bits per heavy atom. The van der Waals surface area contributed by atoms with Gasteiger partial charge in [-0.1, -0.05) is 0 Å². The first-order chi connectivity index (χ1) is 2.41. The van der Waals surface area contributed by atoms with Gasteiger partial charge in [0.25, 0.3) is 0 Å². The summed E-state index contributed by atoms with van der Waals surface area (Å²) in [7, 11) is 0. The molecule has 0 aliphatic rings. The van der Waals surface area contributed by atoms with E-state index in [1.54, 1.807) is 0 Å². The molecule has 1 nitrogen and oxygen atoms in total. The Hall–Kier alpha value is 0.895. The van der Waals surface area contributed by atoms with Crippen LogP contribution >= 0.6 is 0 Å². The largest absolute Gasteiger partial charge is 0.412 e. The van der Waals surface area contributed by atoms with Gasteiger partial charge in [-0.3, -0.25) is 0 Å². The zero-order valence-electron chi connectivity index (χ0n) is 4.33. The molecule has 2 heteroatoms. The smallest absolute Gasteiger partial charge is 0.412 e. The number of rotatable bonds is 2. The van der Waals surface area contributed by atoms with Gasteiger partial charge in [0.1, 0.15) is 0 Å². The quantitative estimate of drug-likeness (QED) is 0.672. The fraction of sp³-hybridized carbons (Fsp3) is 1.00. The summed E-state index contributed by atoms with van der Waals surface area (Å²) in [5.74, 6) is 0. The summed E-state index contributed by atoms with van der Waals surface area (Å²) in [6, 6.07) is 0. The molecule has 0 saturated carbocycles. The molecule has 0 spiro atoms. The van der Waals surface area contributed by atoms with E-state index < -0.39 is 0 Å². The van der Waals surface area contributed by atoms with Gasteiger partial charge >= 0.3 is 49.8 Å². The third-order valence-electron chi connectivity index (χ3n) is 0.604. The van der Waals surface area contributed by atoms with Crippen LogP contribution in [0.25, 0.3) is 0 Å². The number of unbranched alkanes of at least 4 members (excludes halogenated alkanes) is 1. The average Bonchev–Trinajstić information content (AvgIpc) is 1.41. The van der Waals surface area contributed by atoms with Gasteiger partial charge in [0.05, 0.1) is 0 Å². The maximum absolute atomic E-state index is 2.24. The second kappa shape index (κ2) is 9.31. The second-order valence-corrected chi connectivity index (χ2v) is 3.96. The minimum Gasteiger partial charge on any atom is -0.412 e. The van der Waals surface area contributed by atoms with E-state index in [-0.39, 0.29) is 5.48 Å². The van der Waals surface area contributed by atoms with Crippen molar-refractivity contribution in [3.05, 3.63) is 0 Å². The molecule has 0 rings (SSSR count). The minimum atomic E-state index is 0. The van der Waals surface area contributed by atoms with Gasteiger partial charge in [0, 0.05) is 0 Å². The summed E-state index contributed by atoms with van der Waals surface area (Å²) in [5, 5.41) is 0. The zero-order valence-corrected chi connectivity index (χ0v) is 9.83. The van der Waals surface area contributed by atoms with Crippen molar-refractivity contribution in [2.45, 2.75) is 23.7 Å². The van der Waals surface area contributed by atoms with E-state index in [4.69, 9.17) is 0 Å².